The number of carbonyl (C=O) groups is 2. The molecule has 0 saturated carbocycles. The lowest BCUT2D eigenvalue weighted by Crippen LogP contribution is -2.33. The van der Waals surface area contributed by atoms with Gasteiger partial charge in [0.25, 0.3) is 0 Å². The van der Waals surface area contributed by atoms with Gasteiger partial charge < -0.3 is 9.47 Å². The SMILES string of the molecule is COC(=O)c1cc(C(=O)OC)cc(S(=O)(=O)NCCCN2CCc3ccccc3C2)c1. The molecule has 166 valence electrons. The fraction of sp³-hybridized carbons (Fsp3) is 0.364. The minimum Gasteiger partial charge on any atom is -0.465 e. The molecule has 1 aliphatic heterocycles. The van der Waals surface area contributed by atoms with Crippen LogP contribution in [0.4, 0.5) is 0 Å². The van der Waals surface area contributed by atoms with E-state index in [9.17, 15) is 18.0 Å². The predicted molar refractivity (Wildman–Crippen MR) is 114 cm³/mol. The number of methoxy groups -OCH3 is 2. The first kappa shape index (κ1) is 22.9. The van der Waals surface area contributed by atoms with E-state index in [-0.39, 0.29) is 22.6 Å². The summed E-state index contributed by atoms with van der Waals surface area (Å²) >= 11 is 0. The summed E-state index contributed by atoms with van der Waals surface area (Å²) < 4.78 is 37.3. The Morgan fingerprint density at radius 2 is 1.61 bits per heavy atom. The second-order valence-corrected chi connectivity index (χ2v) is 9.04. The van der Waals surface area contributed by atoms with Crippen LogP contribution in [-0.2, 0) is 32.5 Å². The van der Waals surface area contributed by atoms with Gasteiger partial charge >= 0.3 is 11.9 Å². The Balaban J connectivity index is 1.63. The molecule has 1 aliphatic rings. The van der Waals surface area contributed by atoms with Crippen LogP contribution in [0.5, 0.6) is 0 Å². The predicted octanol–water partition coefficient (Wildman–Crippen LogP) is 1.99. The Morgan fingerprint density at radius 1 is 1.00 bits per heavy atom. The zero-order chi connectivity index (χ0) is 22.4. The molecule has 0 atom stereocenters. The minimum absolute atomic E-state index is 0.0437. The Morgan fingerprint density at radius 3 is 2.23 bits per heavy atom. The van der Waals surface area contributed by atoms with E-state index in [4.69, 9.17) is 0 Å². The van der Waals surface area contributed by atoms with Crippen LogP contribution in [0, 0.1) is 0 Å². The van der Waals surface area contributed by atoms with E-state index in [1.807, 2.05) is 12.1 Å². The van der Waals surface area contributed by atoms with Gasteiger partial charge in [-0.05, 0) is 48.7 Å². The smallest absolute Gasteiger partial charge is 0.337 e. The average molecular weight is 447 g/mol. The first-order valence-corrected chi connectivity index (χ1v) is 11.4. The molecular formula is C22H26N2O6S. The fourth-order valence-corrected chi connectivity index (χ4v) is 4.71. The molecule has 0 amide bonds. The molecule has 0 spiro atoms. The molecule has 2 aromatic carbocycles. The van der Waals surface area contributed by atoms with Crippen molar-refractivity contribution >= 4 is 22.0 Å². The van der Waals surface area contributed by atoms with Gasteiger partial charge in [-0.3, -0.25) is 4.90 Å². The van der Waals surface area contributed by atoms with Gasteiger partial charge in [0.15, 0.2) is 0 Å². The van der Waals surface area contributed by atoms with Crippen LogP contribution in [0.3, 0.4) is 0 Å². The minimum atomic E-state index is -3.92. The van der Waals surface area contributed by atoms with Crippen molar-refractivity contribution in [2.24, 2.45) is 0 Å². The van der Waals surface area contributed by atoms with Crippen LogP contribution < -0.4 is 4.72 Å². The van der Waals surface area contributed by atoms with Crippen molar-refractivity contribution in [3.05, 3.63) is 64.7 Å². The highest BCUT2D eigenvalue weighted by molar-refractivity contribution is 7.89. The zero-order valence-electron chi connectivity index (χ0n) is 17.6. The van der Waals surface area contributed by atoms with Crippen molar-refractivity contribution < 1.29 is 27.5 Å². The fourth-order valence-electron chi connectivity index (χ4n) is 3.56. The lowest BCUT2D eigenvalue weighted by atomic mass is 10.00. The van der Waals surface area contributed by atoms with Crippen LogP contribution in [-0.4, -0.2) is 59.1 Å². The largest absolute Gasteiger partial charge is 0.465 e. The molecule has 3 rings (SSSR count). The summed E-state index contributed by atoms with van der Waals surface area (Å²) in [4.78, 5) is 25.9. The third-order valence-electron chi connectivity index (χ3n) is 5.21. The third kappa shape index (κ3) is 5.69. The second kappa shape index (κ2) is 10.0. The van der Waals surface area contributed by atoms with Crippen LogP contribution >= 0.6 is 0 Å². The highest BCUT2D eigenvalue weighted by Gasteiger charge is 2.21. The first-order chi connectivity index (χ1) is 14.8. The number of ether oxygens (including phenoxy) is 2. The topological polar surface area (TPSA) is 102 Å². The van der Waals surface area contributed by atoms with Gasteiger partial charge in [-0.2, -0.15) is 0 Å². The van der Waals surface area contributed by atoms with Crippen molar-refractivity contribution in [1.82, 2.24) is 9.62 Å². The van der Waals surface area contributed by atoms with Crippen molar-refractivity contribution in [3.63, 3.8) is 0 Å². The van der Waals surface area contributed by atoms with Crippen molar-refractivity contribution in [2.75, 3.05) is 33.9 Å². The Bertz CT molecular complexity index is 1030. The number of esters is 2. The number of fused-ring (bicyclic) bond motifs is 1. The van der Waals surface area contributed by atoms with E-state index in [0.29, 0.717) is 6.42 Å². The molecule has 0 unspecified atom stereocenters. The molecule has 0 bridgehead atoms. The molecule has 9 heteroatoms. The third-order valence-corrected chi connectivity index (χ3v) is 6.65. The van der Waals surface area contributed by atoms with E-state index in [0.717, 1.165) is 26.1 Å². The summed E-state index contributed by atoms with van der Waals surface area (Å²) in [6, 6.07) is 11.9. The number of nitrogens with one attached hydrogen (secondary N) is 1. The molecule has 0 saturated heterocycles. The summed E-state index contributed by atoms with van der Waals surface area (Å²) in [6.45, 7) is 2.78. The number of sulfonamides is 1. The van der Waals surface area contributed by atoms with Crippen molar-refractivity contribution in [3.8, 4) is 0 Å². The number of hydrogen-bond donors (Lipinski definition) is 1. The maximum absolute atomic E-state index is 12.7. The van der Waals surface area contributed by atoms with E-state index in [1.165, 1.54) is 43.5 Å². The van der Waals surface area contributed by atoms with Crippen molar-refractivity contribution in [2.45, 2.75) is 24.3 Å². The zero-order valence-corrected chi connectivity index (χ0v) is 18.4. The highest BCUT2D eigenvalue weighted by atomic mass is 32.2. The number of nitrogens with zero attached hydrogens (tertiary/aromatic N) is 1. The first-order valence-electron chi connectivity index (χ1n) is 9.94. The second-order valence-electron chi connectivity index (χ2n) is 7.28. The molecule has 0 fully saturated rings. The standard InChI is InChI=1S/C22H26N2O6S/c1-29-21(25)18-12-19(22(26)30-2)14-20(13-18)31(27,28)23-9-5-10-24-11-8-16-6-3-4-7-17(16)15-24/h3-4,6-7,12-14,23H,5,8-11,15H2,1-2H3. The van der Waals surface area contributed by atoms with E-state index in [1.54, 1.807) is 0 Å². The molecule has 8 nitrogen and oxygen atoms in total. The maximum atomic E-state index is 12.7. The van der Waals surface area contributed by atoms with E-state index >= 15 is 0 Å². The van der Waals surface area contributed by atoms with Crippen LogP contribution in [0.1, 0.15) is 38.3 Å². The molecule has 1 N–H and O–H groups in total. The number of carbonyl (C=O) groups excluding carboxylic acids is 2. The van der Waals surface area contributed by atoms with Crippen molar-refractivity contribution in [1.29, 1.82) is 0 Å². The Hall–Kier alpha value is -2.75. The van der Waals surface area contributed by atoms with Gasteiger partial charge in [-0.25, -0.2) is 22.7 Å². The molecule has 0 aliphatic carbocycles. The summed E-state index contributed by atoms with van der Waals surface area (Å²) in [7, 11) is -1.57. The molecule has 0 radical (unpaired) electrons. The molecule has 1 heterocycles. The monoisotopic (exact) mass is 446 g/mol. The van der Waals surface area contributed by atoms with Gasteiger partial charge in [-0.1, -0.05) is 24.3 Å². The summed E-state index contributed by atoms with van der Waals surface area (Å²) in [5.74, 6) is -1.49. The molecule has 0 aromatic heterocycles. The normalized spacial score (nSPS) is 14.0. The number of benzene rings is 2. The Labute approximate surface area is 182 Å². The van der Waals surface area contributed by atoms with Crippen LogP contribution in [0.25, 0.3) is 0 Å². The Kier molecular flexibility index (Phi) is 7.42. The van der Waals surface area contributed by atoms with Crippen LogP contribution in [0.15, 0.2) is 47.4 Å². The number of hydrogen-bond acceptors (Lipinski definition) is 7. The molecule has 2 aromatic rings. The number of rotatable bonds is 8. The van der Waals surface area contributed by atoms with E-state index < -0.39 is 22.0 Å². The van der Waals surface area contributed by atoms with E-state index in [2.05, 4.69) is 31.2 Å². The average Bonchev–Trinajstić information content (AvgIpc) is 2.80. The lowest BCUT2D eigenvalue weighted by Gasteiger charge is -2.28. The molecular weight excluding hydrogens is 420 g/mol. The van der Waals surface area contributed by atoms with Gasteiger partial charge in [-0.15, -0.1) is 0 Å². The van der Waals surface area contributed by atoms with Gasteiger partial charge in [0.1, 0.15) is 0 Å². The molecule has 31 heavy (non-hydrogen) atoms. The van der Waals surface area contributed by atoms with Gasteiger partial charge in [0.05, 0.1) is 30.2 Å². The maximum Gasteiger partial charge on any atom is 0.337 e. The van der Waals surface area contributed by atoms with Crippen LogP contribution in [0.2, 0.25) is 0 Å². The highest BCUT2D eigenvalue weighted by Crippen LogP contribution is 2.19. The summed E-state index contributed by atoms with van der Waals surface area (Å²) in [5.41, 5.74) is 2.59. The van der Waals surface area contributed by atoms with Gasteiger partial charge in [0, 0.05) is 19.6 Å². The summed E-state index contributed by atoms with van der Waals surface area (Å²) in [5, 5.41) is 0. The van der Waals surface area contributed by atoms with Gasteiger partial charge in [0.2, 0.25) is 10.0 Å². The lowest BCUT2D eigenvalue weighted by molar-refractivity contribution is 0.0598. The summed E-state index contributed by atoms with van der Waals surface area (Å²) in [6.07, 6.45) is 1.61. The quantitative estimate of drug-likeness (QED) is 0.489.